The lowest BCUT2D eigenvalue weighted by Gasteiger charge is -2.25. The van der Waals surface area contributed by atoms with Crippen molar-refractivity contribution >= 4 is 10.9 Å². The van der Waals surface area contributed by atoms with Crippen LogP contribution in [0.4, 0.5) is 0 Å². The lowest BCUT2D eigenvalue weighted by molar-refractivity contribution is 0.409. The summed E-state index contributed by atoms with van der Waals surface area (Å²) in [6, 6.07) is 14.6. The molecule has 1 aliphatic heterocycles. The highest BCUT2D eigenvalue weighted by Gasteiger charge is 2.31. The third kappa shape index (κ3) is 2.70. The minimum absolute atomic E-state index is 0.124. The third-order valence-electron chi connectivity index (χ3n) is 5.53. The van der Waals surface area contributed by atoms with Crippen LogP contribution in [0, 0.1) is 6.92 Å². The summed E-state index contributed by atoms with van der Waals surface area (Å²) in [6.45, 7) is 2.56. The van der Waals surface area contributed by atoms with Gasteiger partial charge in [-0.15, -0.1) is 0 Å². The quantitative estimate of drug-likeness (QED) is 0.423. The molecule has 0 aliphatic carbocycles. The molecule has 4 aromatic rings. The van der Waals surface area contributed by atoms with Crippen molar-refractivity contribution in [1.82, 2.24) is 19.9 Å². The molecule has 5 rings (SSSR count). The summed E-state index contributed by atoms with van der Waals surface area (Å²) in [5.41, 5.74) is 3.24. The molecule has 4 N–H and O–H groups in total. The molecule has 1 aliphatic rings. The molecule has 0 unspecified atom stereocenters. The monoisotopic (exact) mass is 388 g/mol. The van der Waals surface area contributed by atoms with Gasteiger partial charge in [-0.1, -0.05) is 30.3 Å². The minimum atomic E-state index is -0.672. The Morgan fingerprint density at radius 1 is 1.07 bits per heavy atom. The van der Waals surface area contributed by atoms with E-state index in [2.05, 4.69) is 15.3 Å². The number of aryl methyl sites for hydroxylation is 1. The summed E-state index contributed by atoms with van der Waals surface area (Å²) in [4.78, 5) is 31.0. The van der Waals surface area contributed by atoms with Gasteiger partial charge in [-0.2, -0.15) is 0 Å². The molecule has 0 saturated heterocycles. The Labute approximate surface area is 165 Å². The smallest absolute Gasteiger partial charge is 0.335 e. The van der Waals surface area contributed by atoms with Gasteiger partial charge in [0, 0.05) is 23.1 Å². The molecule has 7 nitrogen and oxygen atoms in total. The summed E-state index contributed by atoms with van der Waals surface area (Å²) < 4.78 is 1.14. The highest BCUT2D eigenvalue weighted by molar-refractivity contribution is 5.85. The average molecular weight is 388 g/mol. The van der Waals surface area contributed by atoms with Crippen molar-refractivity contribution in [2.45, 2.75) is 19.4 Å². The summed E-state index contributed by atoms with van der Waals surface area (Å²) >= 11 is 0. The molecule has 2 aromatic carbocycles. The first kappa shape index (κ1) is 17.5. The Kier molecular flexibility index (Phi) is 3.92. The Bertz CT molecular complexity index is 1360. The molecule has 146 valence electrons. The van der Waals surface area contributed by atoms with Crippen LogP contribution in [0.25, 0.3) is 16.6 Å². The van der Waals surface area contributed by atoms with Crippen LogP contribution in [0.5, 0.6) is 5.88 Å². The number of H-pyrrole nitrogens is 2. The summed E-state index contributed by atoms with van der Waals surface area (Å²) in [5.74, 6) is -0.353. The van der Waals surface area contributed by atoms with E-state index in [4.69, 9.17) is 0 Å². The van der Waals surface area contributed by atoms with E-state index in [0.29, 0.717) is 12.2 Å². The zero-order valence-electron chi connectivity index (χ0n) is 15.8. The maximum Gasteiger partial charge on any atom is 0.335 e. The fourth-order valence-corrected chi connectivity index (χ4v) is 4.23. The first-order valence-electron chi connectivity index (χ1n) is 9.52. The molecule has 0 fully saturated rings. The fourth-order valence-electron chi connectivity index (χ4n) is 4.23. The van der Waals surface area contributed by atoms with Crippen molar-refractivity contribution in [2.75, 3.05) is 6.54 Å². The Hall–Kier alpha value is -3.58. The maximum atomic E-state index is 12.8. The number of benzene rings is 2. The molecule has 2 aromatic heterocycles. The van der Waals surface area contributed by atoms with E-state index in [1.54, 1.807) is 18.2 Å². The number of hydrogen-bond donors (Lipinski definition) is 4. The second-order valence-corrected chi connectivity index (χ2v) is 7.37. The molecular weight excluding hydrogens is 368 g/mol. The molecule has 0 amide bonds. The van der Waals surface area contributed by atoms with Crippen LogP contribution in [0.3, 0.4) is 0 Å². The van der Waals surface area contributed by atoms with E-state index >= 15 is 0 Å². The van der Waals surface area contributed by atoms with E-state index in [0.717, 1.165) is 38.7 Å². The first-order valence-corrected chi connectivity index (χ1v) is 9.52. The van der Waals surface area contributed by atoms with E-state index in [1.165, 1.54) is 0 Å². The largest absolute Gasteiger partial charge is 0.494 e. The first-order chi connectivity index (χ1) is 14.0. The Morgan fingerprint density at radius 2 is 1.90 bits per heavy atom. The molecule has 1 atom stereocenters. The van der Waals surface area contributed by atoms with Gasteiger partial charge in [0.25, 0.3) is 5.56 Å². The summed E-state index contributed by atoms with van der Waals surface area (Å²) in [5, 5.41) is 15.5. The lowest BCUT2D eigenvalue weighted by atomic mass is 9.95. The van der Waals surface area contributed by atoms with Gasteiger partial charge >= 0.3 is 5.69 Å². The molecule has 7 heteroatoms. The molecule has 29 heavy (non-hydrogen) atoms. The number of aromatic nitrogens is 3. The van der Waals surface area contributed by atoms with E-state index in [9.17, 15) is 14.7 Å². The Morgan fingerprint density at radius 3 is 2.72 bits per heavy atom. The minimum Gasteiger partial charge on any atom is -0.494 e. The highest BCUT2D eigenvalue weighted by atomic mass is 16.3. The van der Waals surface area contributed by atoms with Crippen LogP contribution in [0.15, 0.2) is 58.1 Å². The second kappa shape index (κ2) is 6.49. The molecule has 0 saturated carbocycles. The van der Waals surface area contributed by atoms with Crippen LogP contribution in [-0.4, -0.2) is 26.2 Å². The van der Waals surface area contributed by atoms with Gasteiger partial charge in [-0.25, -0.2) is 9.36 Å². The standard InChI is InChI=1S/C22H20N4O3/c1-12-5-4-6-13(11-12)26-21(28)17(20(27)25-22(26)29)19-18-15(9-10-23-19)14-7-2-3-8-16(14)24-18/h2-8,11,19,23-24,28H,9-10H2,1H3,(H,25,27,29)/t19-/m0/s1. The van der Waals surface area contributed by atoms with Crippen LogP contribution in [-0.2, 0) is 6.42 Å². The fraction of sp³-hybridized carbons (Fsp3) is 0.182. The van der Waals surface area contributed by atoms with Crippen molar-refractivity contribution in [3.8, 4) is 11.6 Å². The van der Waals surface area contributed by atoms with Gasteiger partial charge in [0.2, 0.25) is 5.88 Å². The van der Waals surface area contributed by atoms with E-state index < -0.39 is 17.3 Å². The highest BCUT2D eigenvalue weighted by Crippen LogP contribution is 2.35. The predicted molar refractivity (Wildman–Crippen MR) is 111 cm³/mol. The number of hydrogen-bond acceptors (Lipinski definition) is 4. The normalized spacial score (nSPS) is 16.1. The van der Waals surface area contributed by atoms with Gasteiger partial charge in [0.15, 0.2) is 0 Å². The number of nitrogens with one attached hydrogen (secondary N) is 3. The van der Waals surface area contributed by atoms with Crippen molar-refractivity contribution in [1.29, 1.82) is 0 Å². The summed E-state index contributed by atoms with van der Waals surface area (Å²) in [6.07, 6.45) is 0.812. The molecule has 0 radical (unpaired) electrons. The van der Waals surface area contributed by atoms with Crippen LogP contribution in [0.1, 0.15) is 28.4 Å². The summed E-state index contributed by atoms with van der Waals surface area (Å²) in [7, 11) is 0. The van der Waals surface area contributed by atoms with Gasteiger partial charge in [0.1, 0.15) is 5.56 Å². The van der Waals surface area contributed by atoms with Crippen molar-refractivity contribution < 1.29 is 5.11 Å². The molecule has 0 bridgehead atoms. The number of aromatic amines is 2. The van der Waals surface area contributed by atoms with E-state index in [1.807, 2.05) is 37.3 Å². The van der Waals surface area contributed by atoms with Gasteiger partial charge in [-0.3, -0.25) is 9.78 Å². The maximum absolute atomic E-state index is 12.8. The van der Waals surface area contributed by atoms with Crippen molar-refractivity contribution in [3.05, 3.63) is 91.8 Å². The lowest BCUT2D eigenvalue weighted by Crippen LogP contribution is -2.38. The topological polar surface area (TPSA) is 103 Å². The SMILES string of the molecule is Cc1cccc(-n2c(O)c([C@@H]3NCCc4c3[nH]c3ccccc43)c(=O)[nH]c2=O)c1. The molecular formula is C22H20N4O3. The number of para-hydroxylation sites is 1. The number of nitrogens with zero attached hydrogens (tertiary/aromatic N) is 1. The second-order valence-electron chi connectivity index (χ2n) is 7.37. The van der Waals surface area contributed by atoms with Crippen LogP contribution >= 0.6 is 0 Å². The van der Waals surface area contributed by atoms with Crippen molar-refractivity contribution in [3.63, 3.8) is 0 Å². The molecule has 3 heterocycles. The number of fused-ring (bicyclic) bond motifs is 3. The number of rotatable bonds is 2. The Balaban J connectivity index is 1.75. The van der Waals surface area contributed by atoms with Gasteiger partial charge < -0.3 is 15.4 Å². The predicted octanol–water partition coefficient (Wildman–Crippen LogP) is 2.26. The molecule has 0 spiro atoms. The van der Waals surface area contributed by atoms with Crippen LogP contribution in [0.2, 0.25) is 0 Å². The third-order valence-corrected chi connectivity index (χ3v) is 5.53. The zero-order chi connectivity index (χ0) is 20.1. The zero-order valence-corrected chi connectivity index (χ0v) is 15.8. The van der Waals surface area contributed by atoms with Crippen LogP contribution < -0.4 is 16.6 Å². The van der Waals surface area contributed by atoms with E-state index in [-0.39, 0.29) is 11.4 Å². The van der Waals surface area contributed by atoms with Gasteiger partial charge in [0.05, 0.1) is 11.7 Å². The number of aromatic hydroxyl groups is 1. The van der Waals surface area contributed by atoms with Crippen molar-refractivity contribution in [2.24, 2.45) is 0 Å². The van der Waals surface area contributed by atoms with Gasteiger partial charge in [-0.05, 0) is 42.7 Å². The average Bonchev–Trinajstić information content (AvgIpc) is 3.07.